The predicted octanol–water partition coefficient (Wildman–Crippen LogP) is 3.05. The molecule has 0 aliphatic heterocycles. The summed E-state index contributed by atoms with van der Waals surface area (Å²) in [6.45, 7) is -0.0251. The lowest BCUT2D eigenvalue weighted by molar-refractivity contribution is -0.142. The lowest BCUT2D eigenvalue weighted by Crippen LogP contribution is -2.24. The molecule has 0 saturated carbocycles. The second-order valence-corrected chi connectivity index (χ2v) is 5.83. The molecule has 0 radical (unpaired) electrons. The van der Waals surface area contributed by atoms with Crippen molar-refractivity contribution in [3.63, 3.8) is 0 Å². The number of carbonyl (C=O) groups is 3. The van der Waals surface area contributed by atoms with Gasteiger partial charge in [-0.25, -0.2) is 8.78 Å². The summed E-state index contributed by atoms with van der Waals surface area (Å²) in [7, 11) is 1.13. The number of carbonyl (C=O) groups excluding carboxylic acids is 3. The fourth-order valence-corrected chi connectivity index (χ4v) is 2.34. The van der Waals surface area contributed by atoms with E-state index in [9.17, 15) is 23.2 Å². The highest BCUT2D eigenvalue weighted by molar-refractivity contribution is 6.34. The lowest BCUT2D eigenvalue weighted by Gasteiger charge is -2.11. The molecule has 2 amide bonds. The number of rotatable bonds is 6. The number of esters is 1. The fourth-order valence-electron chi connectivity index (χ4n) is 2.14. The van der Waals surface area contributed by atoms with E-state index in [4.69, 9.17) is 11.6 Å². The van der Waals surface area contributed by atoms with Gasteiger partial charge in [0.2, 0.25) is 5.91 Å². The van der Waals surface area contributed by atoms with Crippen LogP contribution in [0.15, 0.2) is 36.4 Å². The molecule has 0 fully saturated rings. The van der Waals surface area contributed by atoms with Crippen LogP contribution < -0.4 is 10.6 Å². The van der Waals surface area contributed by atoms with E-state index >= 15 is 0 Å². The number of halogens is 3. The highest BCUT2D eigenvalue weighted by Gasteiger charge is 2.18. The van der Waals surface area contributed by atoms with Crippen molar-refractivity contribution in [2.75, 3.05) is 12.4 Å². The van der Waals surface area contributed by atoms with Crippen molar-refractivity contribution >= 4 is 35.1 Å². The first-order valence-electron chi connectivity index (χ1n) is 7.68. The largest absolute Gasteiger partial charge is 0.469 e. The van der Waals surface area contributed by atoms with Gasteiger partial charge in [-0.15, -0.1) is 0 Å². The van der Waals surface area contributed by atoms with Crippen molar-refractivity contribution in [2.45, 2.75) is 13.0 Å². The van der Waals surface area contributed by atoms with Gasteiger partial charge in [0, 0.05) is 6.54 Å². The number of hydrogen-bond acceptors (Lipinski definition) is 4. The van der Waals surface area contributed by atoms with Crippen molar-refractivity contribution < 1.29 is 27.9 Å². The van der Waals surface area contributed by atoms with E-state index in [1.807, 2.05) is 0 Å². The first-order valence-corrected chi connectivity index (χ1v) is 8.06. The summed E-state index contributed by atoms with van der Waals surface area (Å²) in [4.78, 5) is 35.1. The third-order valence-corrected chi connectivity index (χ3v) is 3.76. The molecule has 2 rings (SSSR count). The Balaban J connectivity index is 2.12. The van der Waals surface area contributed by atoms with Crippen molar-refractivity contribution in [3.8, 4) is 0 Å². The summed E-state index contributed by atoms with van der Waals surface area (Å²) in [5.74, 6) is -3.64. The number of methoxy groups -OCH3 is 1. The molecule has 6 nitrogen and oxygen atoms in total. The quantitative estimate of drug-likeness (QED) is 0.580. The number of anilines is 1. The molecule has 0 heterocycles. The van der Waals surface area contributed by atoms with Gasteiger partial charge in [-0.1, -0.05) is 23.7 Å². The van der Waals surface area contributed by atoms with Crippen molar-refractivity contribution in [1.29, 1.82) is 0 Å². The molecule has 0 atom stereocenters. The first-order chi connectivity index (χ1) is 12.8. The molecule has 142 valence electrons. The first kappa shape index (κ1) is 20.3. The molecule has 0 saturated heterocycles. The fraction of sp³-hybridized carbons (Fsp3) is 0.167. The zero-order valence-electron chi connectivity index (χ0n) is 14.1. The lowest BCUT2D eigenvalue weighted by atomic mass is 10.1. The summed E-state index contributed by atoms with van der Waals surface area (Å²) in [6, 6.07) is 7.49. The van der Waals surface area contributed by atoms with Crippen LogP contribution in [-0.4, -0.2) is 24.9 Å². The molecule has 2 aromatic rings. The Morgan fingerprint density at radius 3 is 2.56 bits per heavy atom. The van der Waals surface area contributed by atoms with Gasteiger partial charge >= 0.3 is 5.97 Å². The van der Waals surface area contributed by atoms with Crippen molar-refractivity contribution in [2.24, 2.45) is 0 Å². The van der Waals surface area contributed by atoms with Gasteiger partial charge in [0.1, 0.15) is 18.1 Å². The Bertz CT molecular complexity index is 890. The van der Waals surface area contributed by atoms with Crippen LogP contribution in [0.2, 0.25) is 5.02 Å². The van der Waals surface area contributed by atoms with E-state index in [1.54, 1.807) is 6.07 Å². The van der Waals surface area contributed by atoms with Gasteiger partial charge in [0.25, 0.3) is 5.91 Å². The van der Waals surface area contributed by atoms with E-state index < -0.39 is 35.8 Å². The van der Waals surface area contributed by atoms with Gasteiger partial charge in [0.15, 0.2) is 0 Å². The predicted molar refractivity (Wildman–Crippen MR) is 94.2 cm³/mol. The number of hydrogen-bond donors (Lipinski definition) is 2. The summed E-state index contributed by atoms with van der Waals surface area (Å²) in [5, 5.41) is 4.61. The topological polar surface area (TPSA) is 84.5 Å². The van der Waals surface area contributed by atoms with E-state index in [-0.39, 0.29) is 22.8 Å². The van der Waals surface area contributed by atoms with Gasteiger partial charge in [-0.05, 0) is 29.8 Å². The highest BCUT2D eigenvalue weighted by Crippen LogP contribution is 2.26. The highest BCUT2D eigenvalue weighted by atomic mass is 35.5. The monoisotopic (exact) mass is 396 g/mol. The van der Waals surface area contributed by atoms with Gasteiger partial charge in [-0.3, -0.25) is 14.4 Å². The SMILES string of the molecule is COC(=O)CC(=O)Nc1cc(C(=O)NCc2cccc(F)c2)c(F)cc1Cl. The zero-order chi connectivity index (χ0) is 20.0. The molecule has 0 unspecified atom stereocenters. The van der Waals surface area contributed by atoms with Crippen LogP contribution in [0.5, 0.6) is 0 Å². The average molecular weight is 397 g/mol. The maximum Gasteiger partial charge on any atom is 0.315 e. The molecule has 0 aliphatic carbocycles. The third-order valence-electron chi connectivity index (χ3n) is 3.45. The van der Waals surface area contributed by atoms with E-state index in [1.165, 1.54) is 18.2 Å². The minimum atomic E-state index is -0.900. The molecule has 0 aliphatic rings. The molecular weight excluding hydrogens is 382 g/mol. The molecule has 27 heavy (non-hydrogen) atoms. The van der Waals surface area contributed by atoms with Crippen LogP contribution in [0.25, 0.3) is 0 Å². The number of amides is 2. The van der Waals surface area contributed by atoms with Crippen molar-refractivity contribution in [1.82, 2.24) is 5.32 Å². The number of nitrogens with one attached hydrogen (secondary N) is 2. The average Bonchev–Trinajstić information content (AvgIpc) is 2.61. The van der Waals surface area contributed by atoms with Crippen LogP contribution in [0.1, 0.15) is 22.3 Å². The molecule has 2 N–H and O–H groups in total. The maximum atomic E-state index is 14.1. The smallest absolute Gasteiger partial charge is 0.315 e. The van der Waals surface area contributed by atoms with Crippen LogP contribution in [0.3, 0.4) is 0 Å². The van der Waals surface area contributed by atoms with Crippen molar-refractivity contribution in [3.05, 3.63) is 64.2 Å². The molecule has 0 spiro atoms. The normalized spacial score (nSPS) is 10.2. The minimum Gasteiger partial charge on any atom is -0.469 e. The maximum absolute atomic E-state index is 14.1. The van der Waals surface area contributed by atoms with Gasteiger partial charge in [-0.2, -0.15) is 0 Å². The van der Waals surface area contributed by atoms with E-state index in [2.05, 4.69) is 15.4 Å². The summed E-state index contributed by atoms with van der Waals surface area (Å²) >= 11 is 5.87. The molecule has 2 aromatic carbocycles. The summed E-state index contributed by atoms with van der Waals surface area (Å²) in [6.07, 6.45) is -0.564. The van der Waals surface area contributed by atoms with Crippen LogP contribution in [0.4, 0.5) is 14.5 Å². The minimum absolute atomic E-state index is 0.0251. The Morgan fingerprint density at radius 2 is 1.89 bits per heavy atom. The van der Waals surface area contributed by atoms with Crippen LogP contribution in [0, 0.1) is 11.6 Å². The Kier molecular flexibility index (Phi) is 6.84. The van der Waals surface area contributed by atoms with Gasteiger partial charge in [0.05, 0.1) is 23.4 Å². The Labute approximate surface area is 158 Å². The Hall–Kier alpha value is -3.00. The van der Waals surface area contributed by atoms with E-state index in [0.29, 0.717) is 5.56 Å². The third kappa shape index (κ3) is 5.75. The number of ether oxygens (including phenoxy) is 1. The molecular formula is C18H15ClF2N2O4. The zero-order valence-corrected chi connectivity index (χ0v) is 14.9. The molecule has 0 aromatic heterocycles. The second kappa shape index (κ2) is 9.09. The standard InChI is InChI=1S/C18H15ClF2N2O4/c1-27-17(25)8-16(24)23-15-6-12(14(21)7-13(15)19)18(26)22-9-10-3-2-4-11(20)5-10/h2-7H,8-9H2,1H3,(H,22,26)(H,23,24). The van der Waals surface area contributed by atoms with Crippen LogP contribution in [-0.2, 0) is 20.9 Å². The molecule has 0 bridgehead atoms. The summed E-state index contributed by atoms with van der Waals surface area (Å²) in [5.41, 5.74) is 0.0800. The second-order valence-electron chi connectivity index (χ2n) is 5.43. The van der Waals surface area contributed by atoms with Gasteiger partial charge < -0.3 is 15.4 Å². The molecule has 9 heteroatoms. The number of benzene rings is 2. The Morgan fingerprint density at radius 1 is 1.15 bits per heavy atom. The van der Waals surface area contributed by atoms with E-state index in [0.717, 1.165) is 19.2 Å². The van der Waals surface area contributed by atoms with Crippen LogP contribution >= 0.6 is 11.6 Å². The summed E-state index contributed by atoms with van der Waals surface area (Å²) < 4.78 is 31.6.